The van der Waals surface area contributed by atoms with Crippen molar-refractivity contribution in [2.45, 2.75) is 104 Å². The molecule has 1 amide bonds. The van der Waals surface area contributed by atoms with Crippen molar-refractivity contribution < 1.29 is 9.28 Å². The summed E-state index contributed by atoms with van der Waals surface area (Å²) < 4.78 is 0.809. The summed E-state index contributed by atoms with van der Waals surface area (Å²) >= 11 is 0. The Hall–Kier alpha value is -1.29. The third-order valence-corrected chi connectivity index (χ3v) is 5.62. The Labute approximate surface area is 161 Å². The van der Waals surface area contributed by atoms with Crippen molar-refractivity contribution in [3.63, 3.8) is 0 Å². The molecule has 0 aromatic carbocycles. The lowest BCUT2D eigenvalue weighted by atomic mass is 10.1. The minimum Gasteiger partial charge on any atom is -0.338 e. The van der Waals surface area contributed by atoms with E-state index in [2.05, 4.69) is 56.0 Å². The van der Waals surface area contributed by atoms with Crippen LogP contribution >= 0.6 is 0 Å². The second-order valence-corrected chi connectivity index (χ2v) is 7.64. The first kappa shape index (κ1) is 22.8. The molecule has 3 unspecified atom stereocenters. The van der Waals surface area contributed by atoms with Gasteiger partial charge in [0, 0.05) is 20.3 Å². The highest BCUT2D eigenvalue weighted by molar-refractivity contribution is 5.72. The third-order valence-electron chi connectivity index (χ3n) is 5.62. The van der Waals surface area contributed by atoms with Crippen LogP contribution in [0.3, 0.4) is 0 Å². The molecule has 26 heavy (non-hydrogen) atoms. The van der Waals surface area contributed by atoms with Crippen LogP contribution in [-0.2, 0) is 4.79 Å². The van der Waals surface area contributed by atoms with Gasteiger partial charge in [-0.2, -0.15) is 0 Å². The van der Waals surface area contributed by atoms with Crippen LogP contribution in [0.2, 0.25) is 0 Å². The average Bonchev–Trinajstić information content (AvgIpc) is 3.03. The van der Waals surface area contributed by atoms with Gasteiger partial charge in [-0.1, -0.05) is 51.2 Å². The average molecular weight is 365 g/mol. The van der Waals surface area contributed by atoms with E-state index in [4.69, 9.17) is 0 Å². The molecule has 2 N–H and O–H groups in total. The van der Waals surface area contributed by atoms with Crippen molar-refractivity contribution in [3.05, 3.63) is 24.6 Å². The van der Waals surface area contributed by atoms with Crippen LogP contribution in [-0.4, -0.2) is 29.3 Å². The summed E-state index contributed by atoms with van der Waals surface area (Å²) in [5, 5.41) is 6.61. The zero-order chi connectivity index (χ0) is 19.3. The molecule has 0 aromatic heterocycles. The van der Waals surface area contributed by atoms with Crippen molar-refractivity contribution in [1.29, 1.82) is 0 Å². The summed E-state index contributed by atoms with van der Waals surface area (Å²) in [5.41, 5.74) is 0. The SMILES string of the molecule is CCC/C=C/CCCCCCCCC1NC=C[N+]1(CC)C(C)NC(C)=O. The monoisotopic (exact) mass is 364 g/mol. The van der Waals surface area contributed by atoms with Crippen LogP contribution < -0.4 is 10.6 Å². The largest absolute Gasteiger partial charge is 0.338 e. The maximum atomic E-state index is 11.5. The number of nitrogens with one attached hydrogen (secondary N) is 2. The number of nitrogens with zero attached hydrogens (tertiary/aromatic N) is 1. The molecule has 150 valence electrons. The molecule has 0 saturated heterocycles. The second-order valence-electron chi connectivity index (χ2n) is 7.64. The Morgan fingerprint density at radius 3 is 2.42 bits per heavy atom. The fourth-order valence-corrected chi connectivity index (χ4v) is 3.98. The molecule has 0 fully saturated rings. The standard InChI is InChI=1S/C22H41N3O/c1-5-7-8-9-10-11-12-13-14-15-16-17-22-23-18-19-25(22,6-2)20(3)24-21(4)26/h8-9,18-20,22-23H,5-7,10-17H2,1-4H3/p+1/b9-8+. The predicted octanol–water partition coefficient (Wildman–Crippen LogP) is 5.18. The van der Waals surface area contributed by atoms with Crippen molar-refractivity contribution in [2.24, 2.45) is 0 Å². The van der Waals surface area contributed by atoms with Crippen LogP contribution in [0.1, 0.15) is 91.9 Å². The van der Waals surface area contributed by atoms with Gasteiger partial charge in [0.2, 0.25) is 5.91 Å². The first-order valence-electron chi connectivity index (χ1n) is 10.8. The van der Waals surface area contributed by atoms with Crippen LogP contribution in [0.25, 0.3) is 0 Å². The van der Waals surface area contributed by atoms with Crippen LogP contribution in [0, 0.1) is 0 Å². The van der Waals surface area contributed by atoms with E-state index in [1.807, 2.05) is 0 Å². The molecule has 4 nitrogen and oxygen atoms in total. The molecule has 0 aliphatic carbocycles. The number of carbonyl (C=O) groups excluding carboxylic acids is 1. The first-order chi connectivity index (χ1) is 12.6. The molecule has 0 radical (unpaired) electrons. The minimum absolute atomic E-state index is 0.0482. The molecule has 1 aliphatic heterocycles. The van der Waals surface area contributed by atoms with E-state index >= 15 is 0 Å². The lowest BCUT2D eigenvalue weighted by molar-refractivity contribution is -0.923. The van der Waals surface area contributed by atoms with Gasteiger partial charge in [-0.3, -0.25) is 9.28 Å². The summed E-state index contributed by atoms with van der Waals surface area (Å²) in [6, 6.07) is 0. The van der Waals surface area contributed by atoms with Crippen molar-refractivity contribution in [2.75, 3.05) is 6.54 Å². The smallest absolute Gasteiger partial charge is 0.221 e. The molecule has 0 spiro atoms. The molecule has 1 heterocycles. The van der Waals surface area contributed by atoms with E-state index < -0.39 is 0 Å². The normalized spacial score (nSPS) is 23.3. The van der Waals surface area contributed by atoms with Gasteiger partial charge in [0.25, 0.3) is 0 Å². The number of rotatable bonds is 14. The molecule has 0 bridgehead atoms. The zero-order valence-electron chi connectivity index (χ0n) is 17.6. The van der Waals surface area contributed by atoms with Gasteiger partial charge in [-0.15, -0.1) is 0 Å². The zero-order valence-corrected chi connectivity index (χ0v) is 17.6. The fourth-order valence-electron chi connectivity index (χ4n) is 3.98. The third kappa shape index (κ3) is 7.53. The number of unbranched alkanes of at least 4 members (excludes halogenated alkanes) is 7. The van der Waals surface area contributed by atoms with Gasteiger partial charge in [0.1, 0.15) is 6.20 Å². The van der Waals surface area contributed by atoms with Crippen molar-refractivity contribution in [3.8, 4) is 0 Å². The highest BCUT2D eigenvalue weighted by atomic mass is 16.1. The molecule has 1 aliphatic rings. The number of hydrogen-bond acceptors (Lipinski definition) is 2. The number of quaternary nitrogens is 1. The summed E-state index contributed by atoms with van der Waals surface area (Å²) in [6.07, 6.45) is 22.3. The van der Waals surface area contributed by atoms with Gasteiger partial charge >= 0.3 is 0 Å². The number of carbonyl (C=O) groups is 1. The quantitative estimate of drug-likeness (QED) is 0.253. The summed E-state index contributed by atoms with van der Waals surface area (Å²) in [5.74, 6) is 0.0482. The maximum absolute atomic E-state index is 11.5. The number of amides is 1. The van der Waals surface area contributed by atoms with E-state index in [9.17, 15) is 4.79 Å². The molecule has 1 rings (SSSR count). The van der Waals surface area contributed by atoms with Crippen molar-refractivity contribution in [1.82, 2.24) is 10.6 Å². The van der Waals surface area contributed by atoms with Gasteiger partial charge in [0.05, 0.1) is 12.7 Å². The highest BCUT2D eigenvalue weighted by Gasteiger charge is 2.41. The molecule has 4 heteroatoms. The van der Waals surface area contributed by atoms with E-state index in [1.54, 1.807) is 6.92 Å². The van der Waals surface area contributed by atoms with Crippen LogP contribution in [0.15, 0.2) is 24.6 Å². The lowest BCUT2D eigenvalue weighted by Gasteiger charge is -2.41. The first-order valence-corrected chi connectivity index (χ1v) is 10.8. The molecule has 3 atom stereocenters. The topological polar surface area (TPSA) is 41.1 Å². The fraction of sp³-hybridized carbons (Fsp3) is 0.773. The van der Waals surface area contributed by atoms with E-state index in [0.29, 0.717) is 6.17 Å². The van der Waals surface area contributed by atoms with Gasteiger partial charge in [-0.25, -0.2) is 0 Å². The summed E-state index contributed by atoms with van der Waals surface area (Å²) in [6.45, 7) is 9.14. The molecular formula is C22H42N3O+. The molecule has 0 saturated carbocycles. The van der Waals surface area contributed by atoms with E-state index in [0.717, 1.165) is 17.4 Å². The highest BCUT2D eigenvalue weighted by Crippen LogP contribution is 2.26. The number of hydrogen-bond donors (Lipinski definition) is 2. The maximum Gasteiger partial charge on any atom is 0.221 e. The van der Waals surface area contributed by atoms with E-state index in [-0.39, 0.29) is 12.1 Å². The van der Waals surface area contributed by atoms with E-state index in [1.165, 1.54) is 57.8 Å². The summed E-state index contributed by atoms with van der Waals surface area (Å²) in [4.78, 5) is 11.5. The van der Waals surface area contributed by atoms with Gasteiger partial charge in [0.15, 0.2) is 12.3 Å². The summed E-state index contributed by atoms with van der Waals surface area (Å²) in [7, 11) is 0. The van der Waals surface area contributed by atoms with Crippen LogP contribution in [0.4, 0.5) is 0 Å². The number of allylic oxidation sites excluding steroid dienone is 2. The van der Waals surface area contributed by atoms with Crippen LogP contribution in [0.5, 0.6) is 0 Å². The Balaban J connectivity index is 2.20. The Morgan fingerprint density at radius 2 is 1.77 bits per heavy atom. The van der Waals surface area contributed by atoms with Gasteiger partial charge in [-0.05, 0) is 32.6 Å². The Kier molecular flexibility index (Phi) is 11.3. The predicted molar refractivity (Wildman–Crippen MR) is 111 cm³/mol. The molecule has 0 aromatic rings. The minimum atomic E-state index is 0.0482. The second kappa shape index (κ2) is 13.0. The van der Waals surface area contributed by atoms with Gasteiger partial charge < -0.3 is 10.6 Å². The van der Waals surface area contributed by atoms with Crippen molar-refractivity contribution >= 4 is 5.91 Å². The lowest BCUT2D eigenvalue weighted by Crippen LogP contribution is -2.62. The molecular weight excluding hydrogens is 322 g/mol. The Bertz CT molecular complexity index is 447. The Morgan fingerprint density at radius 1 is 1.12 bits per heavy atom.